The van der Waals surface area contributed by atoms with Crippen LogP contribution in [0.3, 0.4) is 0 Å². The van der Waals surface area contributed by atoms with E-state index in [0.29, 0.717) is 5.92 Å². The summed E-state index contributed by atoms with van der Waals surface area (Å²) < 4.78 is 0. The smallest absolute Gasteiger partial charge is 0.316 e. The number of hydrogen-bond acceptors (Lipinski definition) is 3. The molecule has 0 aromatic carbocycles. The molecular weight excluding hydrogens is 190 g/mol. The molecule has 1 unspecified atom stereocenters. The fourth-order valence-corrected chi connectivity index (χ4v) is 2.03. The van der Waals surface area contributed by atoms with Gasteiger partial charge in [-0.15, -0.1) is 0 Å². The highest BCUT2D eigenvalue weighted by Crippen LogP contribution is 2.20. The van der Waals surface area contributed by atoms with Gasteiger partial charge in [0.05, 0.1) is 5.69 Å². The minimum absolute atomic E-state index is 0.213. The Balaban J connectivity index is 2.26. The van der Waals surface area contributed by atoms with Gasteiger partial charge < -0.3 is 10.3 Å². The van der Waals surface area contributed by atoms with E-state index in [2.05, 4.69) is 15.3 Å². The van der Waals surface area contributed by atoms with Crippen molar-refractivity contribution in [3.63, 3.8) is 0 Å². The molecule has 0 bridgehead atoms. The SMILES string of the molecule is CCc1cc(C2CCCNC2)nc(=O)[nH]1. The molecule has 1 aromatic heterocycles. The van der Waals surface area contributed by atoms with Crippen LogP contribution in [-0.4, -0.2) is 23.1 Å². The summed E-state index contributed by atoms with van der Waals surface area (Å²) in [6.45, 7) is 4.06. The van der Waals surface area contributed by atoms with Crippen molar-refractivity contribution in [3.8, 4) is 0 Å². The maximum atomic E-state index is 11.3. The van der Waals surface area contributed by atoms with Crippen LogP contribution in [0, 0.1) is 0 Å². The Morgan fingerprint density at radius 2 is 2.47 bits per heavy atom. The first-order valence-electron chi connectivity index (χ1n) is 5.60. The molecule has 2 heterocycles. The zero-order valence-electron chi connectivity index (χ0n) is 9.05. The van der Waals surface area contributed by atoms with Crippen LogP contribution in [0.2, 0.25) is 0 Å². The Bertz CT molecular complexity index is 380. The first-order chi connectivity index (χ1) is 7.29. The highest BCUT2D eigenvalue weighted by atomic mass is 16.1. The highest BCUT2D eigenvalue weighted by Gasteiger charge is 2.17. The normalized spacial score (nSPS) is 21.5. The molecule has 1 aliphatic rings. The maximum Gasteiger partial charge on any atom is 0.345 e. The lowest BCUT2D eigenvalue weighted by atomic mass is 9.95. The van der Waals surface area contributed by atoms with Crippen LogP contribution in [-0.2, 0) is 6.42 Å². The molecular formula is C11H17N3O. The Hall–Kier alpha value is -1.16. The summed E-state index contributed by atoms with van der Waals surface area (Å²) in [5, 5.41) is 3.34. The number of piperidine rings is 1. The van der Waals surface area contributed by atoms with Crippen LogP contribution in [0.5, 0.6) is 0 Å². The van der Waals surface area contributed by atoms with Gasteiger partial charge in [-0.1, -0.05) is 6.92 Å². The molecule has 15 heavy (non-hydrogen) atoms. The van der Waals surface area contributed by atoms with Crippen LogP contribution < -0.4 is 11.0 Å². The zero-order chi connectivity index (χ0) is 10.7. The number of aryl methyl sites for hydroxylation is 1. The molecule has 0 saturated carbocycles. The van der Waals surface area contributed by atoms with Crippen LogP contribution in [0.15, 0.2) is 10.9 Å². The summed E-state index contributed by atoms with van der Waals surface area (Å²) in [5.41, 5.74) is 1.72. The highest BCUT2D eigenvalue weighted by molar-refractivity contribution is 5.13. The second-order valence-electron chi connectivity index (χ2n) is 4.03. The first kappa shape index (κ1) is 10.4. The molecule has 4 heteroatoms. The van der Waals surface area contributed by atoms with Crippen molar-refractivity contribution in [2.24, 2.45) is 0 Å². The van der Waals surface area contributed by atoms with Crippen molar-refractivity contribution in [1.82, 2.24) is 15.3 Å². The minimum atomic E-state index is -0.213. The summed E-state index contributed by atoms with van der Waals surface area (Å²) in [4.78, 5) is 18.1. The minimum Gasteiger partial charge on any atom is -0.316 e. The lowest BCUT2D eigenvalue weighted by Gasteiger charge is -2.22. The van der Waals surface area contributed by atoms with E-state index in [1.165, 1.54) is 6.42 Å². The van der Waals surface area contributed by atoms with Crippen molar-refractivity contribution < 1.29 is 0 Å². The Kier molecular flexibility index (Phi) is 3.16. The van der Waals surface area contributed by atoms with Gasteiger partial charge in [0.2, 0.25) is 0 Å². The number of nitrogens with zero attached hydrogens (tertiary/aromatic N) is 1. The Labute approximate surface area is 89.1 Å². The molecule has 1 aromatic rings. The number of aromatic amines is 1. The lowest BCUT2D eigenvalue weighted by molar-refractivity contribution is 0.453. The molecule has 0 radical (unpaired) electrons. The third kappa shape index (κ3) is 2.45. The van der Waals surface area contributed by atoms with Gasteiger partial charge in [-0.05, 0) is 31.9 Å². The second kappa shape index (κ2) is 4.57. The van der Waals surface area contributed by atoms with E-state index in [4.69, 9.17) is 0 Å². The van der Waals surface area contributed by atoms with E-state index >= 15 is 0 Å². The van der Waals surface area contributed by atoms with Gasteiger partial charge in [-0.25, -0.2) is 4.79 Å². The summed E-state index contributed by atoms with van der Waals surface area (Å²) >= 11 is 0. The van der Waals surface area contributed by atoms with Crippen molar-refractivity contribution >= 4 is 0 Å². The average Bonchev–Trinajstić information content (AvgIpc) is 2.29. The molecule has 1 saturated heterocycles. The van der Waals surface area contributed by atoms with Crippen LogP contribution in [0.4, 0.5) is 0 Å². The summed E-state index contributed by atoms with van der Waals surface area (Å²) in [6, 6.07) is 2.03. The monoisotopic (exact) mass is 207 g/mol. The lowest BCUT2D eigenvalue weighted by Crippen LogP contribution is -2.30. The molecule has 1 atom stereocenters. The number of rotatable bonds is 2. The second-order valence-corrected chi connectivity index (χ2v) is 4.03. The number of aromatic nitrogens is 2. The fourth-order valence-electron chi connectivity index (χ4n) is 2.03. The molecule has 82 valence electrons. The predicted octanol–water partition coefficient (Wildman–Crippen LogP) is 0.799. The number of hydrogen-bond donors (Lipinski definition) is 2. The van der Waals surface area contributed by atoms with Crippen molar-refractivity contribution in [2.45, 2.75) is 32.1 Å². The van der Waals surface area contributed by atoms with Crippen molar-refractivity contribution in [3.05, 3.63) is 27.9 Å². The fraction of sp³-hybridized carbons (Fsp3) is 0.636. The van der Waals surface area contributed by atoms with Crippen molar-refractivity contribution in [2.75, 3.05) is 13.1 Å². The topological polar surface area (TPSA) is 57.8 Å². The molecule has 4 nitrogen and oxygen atoms in total. The Morgan fingerprint density at radius 1 is 1.60 bits per heavy atom. The molecule has 2 N–H and O–H groups in total. The van der Waals surface area contributed by atoms with Crippen molar-refractivity contribution in [1.29, 1.82) is 0 Å². The van der Waals surface area contributed by atoms with Gasteiger partial charge >= 0.3 is 5.69 Å². The zero-order valence-corrected chi connectivity index (χ0v) is 9.05. The van der Waals surface area contributed by atoms with Gasteiger partial charge in [0.1, 0.15) is 0 Å². The molecule has 0 amide bonds. The molecule has 0 aliphatic carbocycles. The predicted molar refractivity (Wildman–Crippen MR) is 59.1 cm³/mol. The van der Waals surface area contributed by atoms with Gasteiger partial charge in [-0.3, -0.25) is 0 Å². The number of nitrogens with one attached hydrogen (secondary N) is 2. The van der Waals surface area contributed by atoms with E-state index in [0.717, 1.165) is 37.3 Å². The van der Waals surface area contributed by atoms with Gasteiger partial charge in [0, 0.05) is 18.2 Å². The quantitative estimate of drug-likeness (QED) is 0.754. The summed E-state index contributed by atoms with van der Waals surface area (Å²) in [6.07, 6.45) is 3.15. The summed E-state index contributed by atoms with van der Waals surface area (Å²) in [5.74, 6) is 0.409. The third-order valence-corrected chi connectivity index (χ3v) is 2.92. The van der Waals surface area contributed by atoms with E-state index in [9.17, 15) is 4.79 Å². The molecule has 1 fully saturated rings. The van der Waals surface area contributed by atoms with E-state index in [1.807, 2.05) is 13.0 Å². The van der Waals surface area contributed by atoms with Crippen LogP contribution in [0.1, 0.15) is 37.1 Å². The van der Waals surface area contributed by atoms with Crippen LogP contribution in [0.25, 0.3) is 0 Å². The summed E-state index contributed by atoms with van der Waals surface area (Å²) in [7, 11) is 0. The largest absolute Gasteiger partial charge is 0.345 e. The molecule has 0 spiro atoms. The van der Waals surface area contributed by atoms with E-state index < -0.39 is 0 Å². The first-order valence-corrected chi connectivity index (χ1v) is 5.60. The standard InChI is InChI=1S/C11H17N3O/c1-2-9-6-10(14-11(15)13-9)8-4-3-5-12-7-8/h6,8,12H,2-5,7H2,1H3,(H,13,14,15). The number of H-pyrrole nitrogens is 1. The van der Waals surface area contributed by atoms with Crippen LogP contribution >= 0.6 is 0 Å². The van der Waals surface area contributed by atoms with Gasteiger partial charge in [0.15, 0.2) is 0 Å². The Morgan fingerprint density at radius 3 is 3.13 bits per heavy atom. The molecule has 1 aliphatic heterocycles. The van der Waals surface area contributed by atoms with E-state index in [1.54, 1.807) is 0 Å². The molecule has 2 rings (SSSR count). The average molecular weight is 207 g/mol. The third-order valence-electron chi connectivity index (χ3n) is 2.92. The van der Waals surface area contributed by atoms with Gasteiger partial charge in [-0.2, -0.15) is 4.98 Å². The maximum absolute atomic E-state index is 11.3. The van der Waals surface area contributed by atoms with Gasteiger partial charge in [0.25, 0.3) is 0 Å². The van der Waals surface area contributed by atoms with E-state index in [-0.39, 0.29) is 5.69 Å².